The van der Waals surface area contributed by atoms with Gasteiger partial charge in [-0.25, -0.2) is 0 Å². The van der Waals surface area contributed by atoms with Gasteiger partial charge in [-0.1, -0.05) is 115 Å². The van der Waals surface area contributed by atoms with Gasteiger partial charge in [0.25, 0.3) is 0 Å². The summed E-state index contributed by atoms with van der Waals surface area (Å²) in [5.74, 6) is 0. The van der Waals surface area contributed by atoms with Gasteiger partial charge in [0.15, 0.2) is 0 Å². The smallest absolute Gasteiger partial charge is 0.0620 e. The van der Waals surface area contributed by atoms with Crippen molar-refractivity contribution in [2.75, 3.05) is 0 Å². The van der Waals surface area contributed by atoms with Crippen molar-refractivity contribution < 1.29 is 0 Å². The van der Waals surface area contributed by atoms with E-state index in [1.807, 2.05) is 23.5 Å². The highest BCUT2D eigenvalue weighted by Gasteiger charge is 2.21. The first kappa shape index (κ1) is 25.1. The maximum Gasteiger partial charge on any atom is 0.0620 e. The number of benzene rings is 7. The van der Waals surface area contributed by atoms with Gasteiger partial charge in [-0.2, -0.15) is 0 Å². The van der Waals surface area contributed by atoms with E-state index in [9.17, 15) is 0 Å². The first-order chi connectivity index (χ1) is 22.8. The molecule has 0 N–H and O–H groups in total. The van der Waals surface area contributed by atoms with Crippen LogP contribution in [0.25, 0.3) is 76.2 Å². The number of hydrogen-bond acceptors (Lipinski definition) is 2. The second kappa shape index (κ2) is 9.20. The van der Waals surface area contributed by atoms with Gasteiger partial charge in [-0.3, -0.25) is 0 Å². The number of rotatable bonds is 4. The molecule has 0 aliphatic rings. The second-order valence-electron chi connectivity index (χ2n) is 12.1. The van der Waals surface area contributed by atoms with E-state index < -0.39 is 0 Å². The molecule has 4 heteroatoms. The van der Waals surface area contributed by atoms with E-state index in [4.69, 9.17) is 0 Å². The molecule has 0 spiro atoms. The summed E-state index contributed by atoms with van der Waals surface area (Å²) in [6.07, 6.45) is 0. The first-order valence-corrected chi connectivity index (χ1v) is 17.2. The molecule has 0 saturated heterocycles. The molecule has 0 atom stereocenters. The van der Waals surface area contributed by atoms with Crippen LogP contribution in [0.15, 0.2) is 165 Å². The van der Waals surface area contributed by atoms with Crippen LogP contribution in [-0.2, 0) is 0 Å². The summed E-state index contributed by atoms with van der Waals surface area (Å²) in [6, 6.07) is 53.6. The fourth-order valence-electron chi connectivity index (χ4n) is 7.92. The summed E-state index contributed by atoms with van der Waals surface area (Å²) in [5.41, 5.74) is 7.73. The van der Waals surface area contributed by atoms with Gasteiger partial charge in [0, 0.05) is 62.7 Å². The Bertz CT molecular complexity index is 2780. The summed E-state index contributed by atoms with van der Waals surface area (Å²) in [6.45, 7) is 0. The molecule has 0 fully saturated rings. The minimum Gasteiger partial charge on any atom is -0.308 e. The van der Waals surface area contributed by atoms with E-state index in [-0.39, 0.29) is 0 Å². The van der Waals surface area contributed by atoms with E-state index in [1.165, 1.54) is 95.8 Å². The van der Waals surface area contributed by atoms with Gasteiger partial charge in [-0.05, 0) is 54.6 Å². The third-order valence-corrected chi connectivity index (χ3v) is 11.8. The molecule has 214 valence electrons. The van der Waals surface area contributed by atoms with Crippen LogP contribution in [0.1, 0.15) is 0 Å². The molecule has 46 heavy (non-hydrogen) atoms. The third-order valence-electron chi connectivity index (χ3n) is 9.68. The lowest BCUT2D eigenvalue weighted by Gasteiger charge is -2.09. The van der Waals surface area contributed by atoms with Crippen LogP contribution >= 0.6 is 23.5 Å². The second-order valence-corrected chi connectivity index (χ2v) is 14.3. The van der Waals surface area contributed by atoms with Crippen molar-refractivity contribution in [3.8, 4) is 0 Å². The topological polar surface area (TPSA) is 8.82 Å². The number of nitrogens with zero attached hydrogens (tertiary/aromatic N) is 2. The van der Waals surface area contributed by atoms with E-state index in [0.717, 1.165) is 0 Å². The highest BCUT2D eigenvalue weighted by molar-refractivity contribution is 8.00. The van der Waals surface area contributed by atoms with Gasteiger partial charge >= 0.3 is 0 Å². The zero-order valence-corrected chi connectivity index (χ0v) is 26.2. The zero-order valence-electron chi connectivity index (χ0n) is 24.6. The summed E-state index contributed by atoms with van der Waals surface area (Å²) in [7, 11) is 0. The third kappa shape index (κ3) is 3.25. The number of hydrogen-bond donors (Lipinski definition) is 0. The van der Waals surface area contributed by atoms with Crippen molar-refractivity contribution in [1.29, 1.82) is 0 Å². The molecule has 2 nitrogen and oxygen atoms in total. The first-order valence-electron chi connectivity index (χ1n) is 15.6. The molecule has 0 aliphatic carbocycles. The number of aromatic nitrogens is 2. The molecule has 0 amide bonds. The normalized spacial score (nSPS) is 12.5. The summed E-state index contributed by atoms with van der Waals surface area (Å²) in [4.78, 5) is 5.08. The lowest BCUT2D eigenvalue weighted by atomic mass is 10.1. The molecular weight excluding hydrogens is 597 g/mol. The largest absolute Gasteiger partial charge is 0.308 e. The highest BCUT2D eigenvalue weighted by atomic mass is 32.2. The van der Waals surface area contributed by atoms with Crippen LogP contribution in [0.3, 0.4) is 0 Å². The average molecular weight is 621 g/mol. The molecular formula is C42H24N2S2. The fourth-order valence-corrected chi connectivity index (χ4v) is 10.1. The quantitative estimate of drug-likeness (QED) is 0.194. The fraction of sp³-hybridized carbons (Fsp3) is 0. The predicted molar refractivity (Wildman–Crippen MR) is 197 cm³/mol. The van der Waals surface area contributed by atoms with Crippen molar-refractivity contribution in [1.82, 2.24) is 8.80 Å². The molecule has 4 heterocycles. The highest BCUT2D eigenvalue weighted by Crippen LogP contribution is 2.46. The van der Waals surface area contributed by atoms with Crippen LogP contribution in [-0.4, -0.2) is 8.80 Å². The molecule has 4 aromatic heterocycles. The minimum atomic E-state index is 1.25. The Morgan fingerprint density at radius 1 is 0.326 bits per heavy atom. The van der Waals surface area contributed by atoms with Gasteiger partial charge in [0.1, 0.15) is 0 Å². The maximum atomic E-state index is 2.46. The number of para-hydroxylation sites is 4. The Labute approximate surface area is 272 Å². The Morgan fingerprint density at radius 3 is 1.24 bits per heavy atom. The van der Waals surface area contributed by atoms with Crippen molar-refractivity contribution in [2.24, 2.45) is 0 Å². The lowest BCUT2D eigenvalue weighted by Crippen LogP contribution is -1.82. The van der Waals surface area contributed by atoms with Gasteiger partial charge < -0.3 is 8.80 Å². The van der Waals surface area contributed by atoms with Crippen molar-refractivity contribution in [3.63, 3.8) is 0 Å². The monoisotopic (exact) mass is 620 g/mol. The molecule has 7 aromatic carbocycles. The Balaban J connectivity index is 1.03. The van der Waals surface area contributed by atoms with Gasteiger partial charge in [0.05, 0.1) is 33.1 Å². The van der Waals surface area contributed by atoms with E-state index in [1.54, 1.807) is 0 Å². The van der Waals surface area contributed by atoms with Crippen LogP contribution in [0.2, 0.25) is 0 Å². The maximum absolute atomic E-state index is 2.46. The van der Waals surface area contributed by atoms with E-state index in [0.29, 0.717) is 0 Å². The predicted octanol–water partition coefficient (Wildman–Crippen LogP) is 12.3. The molecule has 0 radical (unpaired) electrons. The minimum absolute atomic E-state index is 1.25. The summed E-state index contributed by atoms with van der Waals surface area (Å²) < 4.78 is 4.92. The number of fused-ring (bicyclic) bond motifs is 12. The molecule has 0 unspecified atom stereocenters. The average Bonchev–Trinajstić information content (AvgIpc) is 3.83. The Kier molecular flexibility index (Phi) is 5.01. The summed E-state index contributed by atoms with van der Waals surface area (Å²) >= 11 is 3.73. The van der Waals surface area contributed by atoms with Crippen molar-refractivity contribution in [3.05, 3.63) is 146 Å². The van der Waals surface area contributed by atoms with Crippen LogP contribution in [0.5, 0.6) is 0 Å². The molecule has 0 saturated carbocycles. The van der Waals surface area contributed by atoms with Crippen molar-refractivity contribution in [2.45, 2.75) is 19.6 Å². The molecule has 0 bridgehead atoms. The van der Waals surface area contributed by atoms with Crippen LogP contribution in [0.4, 0.5) is 0 Å². The molecule has 11 aromatic rings. The lowest BCUT2D eigenvalue weighted by molar-refractivity contribution is 1.32. The van der Waals surface area contributed by atoms with E-state index in [2.05, 4.69) is 154 Å². The van der Waals surface area contributed by atoms with Crippen LogP contribution in [0, 0.1) is 0 Å². The zero-order chi connectivity index (χ0) is 29.9. The standard InChI is InChI=1S/C42H24N2S2/c1-3-18-33-27(12-1)29-14-6-16-31-39-35(43(33)41(29)31)20-8-22-37(39)45-25-10-5-11-26(24-25)46-38-23-9-21-36-40(38)32-17-7-15-30-28-13-2-4-19-34(28)44(36)42(30)32/h1-24H. The van der Waals surface area contributed by atoms with E-state index >= 15 is 0 Å². The SMILES string of the molecule is c1cc(Sc2cccc3c2c2cccc4c5ccccc5n3c42)cc(Sc2cccc3c2c2cccc4c5ccccc5n3c42)c1. The van der Waals surface area contributed by atoms with Gasteiger partial charge in [-0.15, -0.1) is 0 Å². The Hall–Kier alpha value is -5.16. The van der Waals surface area contributed by atoms with Gasteiger partial charge in [0.2, 0.25) is 0 Å². The molecule has 11 rings (SSSR count). The molecule has 0 aliphatic heterocycles. The summed E-state index contributed by atoms with van der Waals surface area (Å²) in [5, 5.41) is 10.6. The van der Waals surface area contributed by atoms with Crippen LogP contribution < -0.4 is 0 Å². The Morgan fingerprint density at radius 2 is 0.717 bits per heavy atom. The van der Waals surface area contributed by atoms with Crippen molar-refractivity contribution >= 4 is 99.7 Å².